The van der Waals surface area contributed by atoms with Crippen LogP contribution < -0.4 is 14.8 Å². The molecule has 25 heavy (non-hydrogen) atoms. The number of Topliss-reactive ketones (excluding diaryl/α,β-unsaturated/α-hetero) is 1. The van der Waals surface area contributed by atoms with Crippen molar-refractivity contribution in [2.24, 2.45) is 0 Å². The summed E-state index contributed by atoms with van der Waals surface area (Å²) in [6.07, 6.45) is 2.31. The number of phenols is 1. The number of ether oxygens (including phenoxy) is 2. The number of carbonyl (C=O) groups is 1. The second-order valence-electron chi connectivity index (χ2n) is 6.61. The van der Waals surface area contributed by atoms with Gasteiger partial charge in [-0.2, -0.15) is 0 Å². The normalized spacial score (nSPS) is 20.8. The van der Waals surface area contributed by atoms with Gasteiger partial charge in [0.25, 0.3) is 0 Å². The van der Waals surface area contributed by atoms with E-state index in [1.54, 1.807) is 12.1 Å². The number of hydrogen-bond acceptors (Lipinski definition) is 5. The molecule has 0 amide bonds. The molecule has 126 valence electrons. The lowest BCUT2D eigenvalue weighted by atomic mass is 9.75. The van der Waals surface area contributed by atoms with E-state index in [1.165, 1.54) is 0 Å². The first kappa shape index (κ1) is 14.4. The third-order valence-electron chi connectivity index (χ3n) is 5.11. The molecule has 1 aliphatic carbocycles. The smallest absolute Gasteiger partial charge is 0.231 e. The van der Waals surface area contributed by atoms with E-state index in [9.17, 15) is 9.90 Å². The van der Waals surface area contributed by atoms with Crippen LogP contribution in [0.1, 0.15) is 36.3 Å². The van der Waals surface area contributed by atoms with Crippen LogP contribution in [0.3, 0.4) is 0 Å². The van der Waals surface area contributed by atoms with Gasteiger partial charge < -0.3 is 19.9 Å². The zero-order valence-corrected chi connectivity index (χ0v) is 13.5. The van der Waals surface area contributed by atoms with Crippen LogP contribution in [0.2, 0.25) is 0 Å². The standard InChI is InChI=1S/C20H17NO4/c22-12-6-4-11(5-7-12)19-13-8-17-18(25-10-24-17)9-15(13)21-14-2-1-3-16(23)20(14)19/h4-9,19,21-22H,1-3,10H2/t19-/m1/s1. The van der Waals surface area contributed by atoms with Gasteiger partial charge in [0.15, 0.2) is 17.3 Å². The number of rotatable bonds is 1. The van der Waals surface area contributed by atoms with Gasteiger partial charge in [0, 0.05) is 35.4 Å². The Bertz CT molecular complexity index is 914. The number of aromatic hydroxyl groups is 1. The van der Waals surface area contributed by atoms with Crippen LogP contribution in [0.4, 0.5) is 5.69 Å². The van der Waals surface area contributed by atoms with E-state index in [0.717, 1.165) is 46.7 Å². The highest BCUT2D eigenvalue weighted by molar-refractivity contribution is 6.01. The zero-order valence-electron chi connectivity index (χ0n) is 13.5. The number of carbonyl (C=O) groups excluding carboxylic acids is 1. The van der Waals surface area contributed by atoms with E-state index in [-0.39, 0.29) is 24.2 Å². The van der Waals surface area contributed by atoms with Gasteiger partial charge in [-0.05, 0) is 42.2 Å². The minimum Gasteiger partial charge on any atom is -0.508 e. The average molecular weight is 335 g/mol. The summed E-state index contributed by atoms with van der Waals surface area (Å²) >= 11 is 0. The maximum atomic E-state index is 12.7. The molecule has 0 fully saturated rings. The molecule has 3 aliphatic rings. The summed E-state index contributed by atoms with van der Waals surface area (Å²) in [7, 11) is 0. The molecule has 5 rings (SSSR count). The maximum Gasteiger partial charge on any atom is 0.231 e. The van der Waals surface area contributed by atoms with Crippen molar-refractivity contribution in [3.05, 3.63) is 58.8 Å². The summed E-state index contributed by atoms with van der Waals surface area (Å²) in [5.41, 5.74) is 4.78. The predicted octanol–water partition coefficient (Wildman–Crippen LogP) is 3.69. The van der Waals surface area contributed by atoms with E-state index in [1.807, 2.05) is 24.3 Å². The molecule has 0 aromatic heterocycles. The molecule has 0 radical (unpaired) electrons. The Balaban J connectivity index is 1.73. The van der Waals surface area contributed by atoms with E-state index >= 15 is 0 Å². The fraction of sp³-hybridized carbons (Fsp3) is 0.250. The molecular weight excluding hydrogens is 318 g/mol. The number of benzene rings is 2. The monoisotopic (exact) mass is 335 g/mol. The van der Waals surface area contributed by atoms with Crippen molar-refractivity contribution in [2.45, 2.75) is 25.2 Å². The Hall–Kier alpha value is -2.95. The number of nitrogens with one attached hydrogen (secondary N) is 1. The lowest BCUT2D eigenvalue weighted by Gasteiger charge is -2.34. The molecule has 1 atom stereocenters. The van der Waals surface area contributed by atoms with E-state index in [2.05, 4.69) is 5.32 Å². The van der Waals surface area contributed by atoms with Crippen molar-refractivity contribution in [1.82, 2.24) is 0 Å². The average Bonchev–Trinajstić information content (AvgIpc) is 3.06. The maximum absolute atomic E-state index is 12.7. The highest BCUT2D eigenvalue weighted by Gasteiger charge is 2.36. The number of phenolic OH excluding ortho intramolecular Hbond substituents is 1. The molecule has 0 saturated heterocycles. The summed E-state index contributed by atoms with van der Waals surface area (Å²) in [6, 6.07) is 11.0. The minimum atomic E-state index is -0.158. The predicted molar refractivity (Wildman–Crippen MR) is 92.0 cm³/mol. The number of ketones is 1. The van der Waals surface area contributed by atoms with Gasteiger partial charge in [-0.1, -0.05) is 12.1 Å². The summed E-state index contributed by atoms with van der Waals surface area (Å²) in [6.45, 7) is 0.216. The van der Waals surface area contributed by atoms with Gasteiger partial charge in [0.1, 0.15) is 5.75 Å². The Morgan fingerprint density at radius 3 is 2.60 bits per heavy atom. The first-order valence-electron chi connectivity index (χ1n) is 8.46. The molecule has 0 unspecified atom stereocenters. The van der Waals surface area contributed by atoms with Crippen molar-refractivity contribution in [3.8, 4) is 17.2 Å². The molecule has 2 aliphatic heterocycles. The first-order valence-corrected chi connectivity index (χ1v) is 8.46. The van der Waals surface area contributed by atoms with Crippen LogP contribution in [0, 0.1) is 0 Å². The summed E-state index contributed by atoms with van der Waals surface area (Å²) in [5.74, 6) is 1.68. The van der Waals surface area contributed by atoms with Crippen molar-refractivity contribution in [1.29, 1.82) is 0 Å². The third kappa shape index (κ3) is 2.19. The molecule has 2 N–H and O–H groups in total. The Morgan fingerprint density at radius 2 is 1.80 bits per heavy atom. The number of hydrogen-bond donors (Lipinski definition) is 2. The van der Waals surface area contributed by atoms with Crippen LogP contribution in [0.25, 0.3) is 0 Å². The topological polar surface area (TPSA) is 67.8 Å². The largest absolute Gasteiger partial charge is 0.508 e. The van der Waals surface area contributed by atoms with Crippen molar-refractivity contribution in [3.63, 3.8) is 0 Å². The van der Waals surface area contributed by atoms with Gasteiger partial charge in [0.05, 0.1) is 0 Å². The van der Waals surface area contributed by atoms with Gasteiger partial charge in [0.2, 0.25) is 6.79 Å². The third-order valence-corrected chi connectivity index (χ3v) is 5.11. The number of anilines is 1. The molecule has 0 saturated carbocycles. The Labute approximate surface area is 144 Å². The van der Waals surface area contributed by atoms with Gasteiger partial charge in [-0.3, -0.25) is 4.79 Å². The molecule has 0 spiro atoms. The van der Waals surface area contributed by atoms with Crippen LogP contribution in [0.5, 0.6) is 17.2 Å². The van der Waals surface area contributed by atoms with Crippen molar-refractivity contribution < 1.29 is 19.4 Å². The molecule has 5 heteroatoms. The molecule has 2 heterocycles. The summed E-state index contributed by atoms with van der Waals surface area (Å²) in [5, 5.41) is 13.1. The van der Waals surface area contributed by atoms with Crippen molar-refractivity contribution in [2.75, 3.05) is 12.1 Å². The van der Waals surface area contributed by atoms with Gasteiger partial charge in [-0.15, -0.1) is 0 Å². The fourth-order valence-electron chi connectivity index (χ4n) is 3.96. The first-order chi connectivity index (χ1) is 12.2. The quantitative estimate of drug-likeness (QED) is 0.832. The van der Waals surface area contributed by atoms with Crippen molar-refractivity contribution >= 4 is 11.5 Å². The zero-order chi connectivity index (χ0) is 17.0. The van der Waals surface area contributed by atoms with Crippen LogP contribution in [0.15, 0.2) is 47.7 Å². The number of fused-ring (bicyclic) bond motifs is 2. The lowest BCUT2D eigenvalue weighted by Crippen LogP contribution is -2.26. The highest BCUT2D eigenvalue weighted by atomic mass is 16.7. The molecule has 2 aromatic rings. The van der Waals surface area contributed by atoms with Gasteiger partial charge in [-0.25, -0.2) is 0 Å². The van der Waals surface area contributed by atoms with Crippen LogP contribution in [-0.4, -0.2) is 17.7 Å². The lowest BCUT2D eigenvalue weighted by molar-refractivity contribution is -0.116. The number of allylic oxidation sites excluding steroid dienone is 2. The van der Waals surface area contributed by atoms with Gasteiger partial charge >= 0.3 is 0 Å². The Kier molecular flexibility index (Phi) is 3.04. The SMILES string of the molecule is O=C1CCCC2=C1[C@H](c1ccc(O)cc1)c1cc3c(cc1N2)OCO3. The van der Waals surface area contributed by atoms with E-state index in [4.69, 9.17) is 9.47 Å². The van der Waals surface area contributed by atoms with E-state index < -0.39 is 0 Å². The summed E-state index contributed by atoms with van der Waals surface area (Å²) in [4.78, 5) is 12.7. The van der Waals surface area contributed by atoms with Crippen LogP contribution >= 0.6 is 0 Å². The molecule has 5 nitrogen and oxygen atoms in total. The minimum absolute atomic E-state index is 0.158. The fourth-order valence-corrected chi connectivity index (χ4v) is 3.96. The summed E-state index contributed by atoms with van der Waals surface area (Å²) < 4.78 is 11.0. The molecule has 0 bridgehead atoms. The second-order valence-corrected chi connectivity index (χ2v) is 6.61. The molecule has 2 aromatic carbocycles. The van der Waals surface area contributed by atoms with E-state index in [0.29, 0.717) is 12.2 Å². The highest BCUT2D eigenvalue weighted by Crippen LogP contribution is 2.49. The molecular formula is C20H17NO4. The second kappa shape index (κ2) is 5.28. The Morgan fingerprint density at radius 1 is 1.04 bits per heavy atom. The van der Waals surface area contributed by atoms with Crippen LogP contribution in [-0.2, 0) is 4.79 Å².